The van der Waals surface area contributed by atoms with Gasteiger partial charge >= 0.3 is 0 Å². The molecule has 4 fully saturated rings. The fourth-order valence-corrected chi connectivity index (χ4v) is 8.09. The summed E-state index contributed by atoms with van der Waals surface area (Å²) in [5, 5.41) is 37.8. The van der Waals surface area contributed by atoms with Gasteiger partial charge in [0.1, 0.15) is 11.9 Å². The summed E-state index contributed by atoms with van der Waals surface area (Å²) in [6.07, 6.45) is 11.0. The van der Waals surface area contributed by atoms with Gasteiger partial charge in [-0.25, -0.2) is 0 Å². The third-order valence-corrected chi connectivity index (χ3v) is 9.88. The van der Waals surface area contributed by atoms with Crippen molar-refractivity contribution in [2.24, 2.45) is 28.6 Å². The maximum atomic E-state index is 12.1. The summed E-state index contributed by atoms with van der Waals surface area (Å²) in [6, 6.07) is 0. The number of rotatable bonds is 1. The second-order valence-electron chi connectivity index (χ2n) is 10.5. The molecular weight excluding hydrogens is 342 g/mol. The average Bonchev–Trinajstić information content (AvgIpc) is 3.24. The Morgan fingerprint density at radius 3 is 2.56 bits per heavy atom. The molecule has 0 saturated heterocycles. The summed E-state index contributed by atoms with van der Waals surface area (Å²) in [7, 11) is 0. The number of hydrogen-bond donors (Lipinski definition) is 3. The summed E-state index contributed by atoms with van der Waals surface area (Å²) in [5.41, 5.74) is -1.60. The molecule has 0 bridgehead atoms. The maximum Gasteiger partial charge on any atom is 0.129 e. The standard InChI is InChI=1S/C22H33NO4/c1-19-7-5-16(24)11-14(19)3-4-18-17(19)6-8-20(2)21(25,9-10-22(18,20)26)15-12-23-27-13-15/h12-14,16-18,24-26H,3-11H2,1-2H3/t14-,16-,17-,18+,19-,20+,21-,22-/m0/s1. The second kappa shape index (κ2) is 5.58. The van der Waals surface area contributed by atoms with Crippen LogP contribution in [0.3, 0.4) is 0 Å². The molecule has 5 rings (SSSR count). The largest absolute Gasteiger partial charge is 0.393 e. The first-order valence-corrected chi connectivity index (χ1v) is 10.8. The molecule has 0 unspecified atom stereocenters. The molecule has 1 aromatic heterocycles. The lowest BCUT2D eigenvalue weighted by atomic mass is 9.43. The Balaban J connectivity index is 1.52. The quantitative estimate of drug-likeness (QED) is 0.700. The molecule has 4 aliphatic carbocycles. The number of fused-ring (bicyclic) bond motifs is 5. The minimum Gasteiger partial charge on any atom is -0.393 e. The maximum absolute atomic E-state index is 12.1. The molecule has 3 N–H and O–H groups in total. The minimum atomic E-state index is -1.08. The molecule has 0 radical (unpaired) electrons. The van der Waals surface area contributed by atoms with Crippen molar-refractivity contribution < 1.29 is 19.8 Å². The van der Waals surface area contributed by atoms with E-state index in [1.54, 1.807) is 12.5 Å². The topological polar surface area (TPSA) is 86.7 Å². The van der Waals surface area contributed by atoms with Gasteiger partial charge in [0, 0.05) is 11.0 Å². The van der Waals surface area contributed by atoms with Crippen LogP contribution in [0.25, 0.3) is 0 Å². The lowest BCUT2D eigenvalue weighted by Gasteiger charge is -2.64. The molecule has 1 heterocycles. The number of hydrogen-bond acceptors (Lipinski definition) is 5. The van der Waals surface area contributed by atoms with Gasteiger partial charge in [-0.15, -0.1) is 0 Å². The first-order valence-electron chi connectivity index (χ1n) is 10.8. The molecule has 27 heavy (non-hydrogen) atoms. The molecule has 0 aromatic carbocycles. The molecule has 150 valence electrons. The van der Waals surface area contributed by atoms with Crippen molar-refractivity contribution in [1.82, 2.24) is 5.16 Å². The van der Waals surface area contributed by atoms with Crippen molar-refractivity contribution in [3.8, 4) is 0 Å². The van der Waals surface area contributed by atoms with Crippen molar-refractivity contribution >= 4 is 0 Å². The van der Waals surface area contributed by atoms with Crippen molar-refractivity contribution in [2.45, 2.75) is 88.9 Å². The predicted octanol–water partition coefficient (Wildman–Crippen LogP) is 3.38. The Bertz CT molecular complexity index is 722. The smallest absolute Gasteiger partial charge is 0.129 e. The molecule has 5 nitrogen and oxygen atoms in total. The van der Waals surface area contributed by atoms with Crippen LogP contribution in [-0.2, 0) is 5.60 Å². The van der Waals surface area contributed by atoms with Gasteiger partial charge in [-0.3, -0.25) is 0 Å². The summed E-state index contributed by atoms with van der Waals surface area (Å²) in [6.45, 7) is 4.50. The van der Waals surface area contributed by atoms with Crippen LogP contribution in [-0.4, -0.2) is 32.2 Å². The van der Waals surface area contributed by atoms with Crippen molar-refractivity contribution in [3.63, 3.8) is 0 Å². The van der Waals surface area contributed by atoms with Gasteiger partial charge in [-0.2, -0.15) is 0 Å². The Morgan fingerprint density at radius 1 is 1.00 bits per heavy atom. The molecule has 0 aliphatic heterocycles. The molecule has 0 amide bonds. The lowest BCUT2D eigenvalue weighted by molar-refractivity contribution is -0.238. The van der Waals surface area contributed by atoms with E-state index in [-0.39, 0.29) is 17.4 Å². The summed E-state index contributed by atoms with van der Waals surface area (Å²) < 4.78 is 5.04. The highest BCUT2D eigenvalue weighted by Gasteiger charge is 2.72. The normalized spacial score (nSPS) is 54.9. The Morgan fingerprint density at radius 2 is 1.81 bits per heavy atom. The van der Waals surface area contributed by atoms with Gasteiger partial charge in [0.15, 0.2) is 0 Å². The SMILES string of the molecule is C[C@]12CC[C@H](O)C[C@@H]1CC[C@@H]1[C@@H]2CC[C@]2(C)[C@@](O)(c3cnoc3)CC[C@]12O. The van der Waals surface area contributed by atoms with Crippen LogP contribution in [0.1, 0.15) is 77.2 Å². The fraction of sp³-hybridized carbons (Fsp3) is 0.864. The molecule has 0 spiro atoms. The molecule has 4 aliphatic rings. The van der Waals surface area contributed by atoms with Gasteiger partial charge in [0.25, 0.3) is 0 Å². The van der Waals surface area contributed by atoms with Crippen molar-refractivity contribution in [2.75, 3.05) is 0 Å². The third kappa shape index (κ3) is 2.09. The van der Waals surface area contributed by atoms with E-state index in [0.29, 0.717) is 30.2 Å². The van der Waals surface area contributed by atoms with Crippen LogP contribution in [0, 0.1) is 28.6 Å². The summed E-state index contributed by atoms with van der Waals surface area (Å²) >= 11 is 0. The van der Waals surface area contributed by atoms with E-state index in [9.17, 15) is 15.3 Å². The molecule has 4 saturated carbocycles. The first kappa shape index (κ1) is 18.1. The van der Waals surface area contributed by atoms with Crippen LogP contribution in [0.2, 0.25) is 0 Å². The third-order valence-electron chi connectivity index (χ3n) is 9.88. The number of aliphatic hydroxyl groups excluding tert-OH is 1. The van der Waals surface area contributed by atoms with Crippen LogP contribution >= 0.6 is 0 Å². The second-order valence-corrected chi connectivity index (χ2v) is 10.5. The monoisotopic (exact) mass is 375 g/mol. The highest BCUT2D eigenvalue weighted by molar-refractivity contribution is 5.29. The van der Waals surface area contributed by atoms with E-state index in [4.69, 9.17) is 4.52 Å². The van der Waals surface area contributed by atoms with Crippen LogP contribution in [0.4, 0.5) is 0 Å². The zero-order chi connectivity index (χ0) is 19.1. The van der Waals surface area contributed by atoms with E-state index in [2.05, 4.69) is 19.0 Å². The molecule has 8 atom stereocenters. The first-order chi connectivity index (χ1) is 12.7. The fourth-order valence-electron chi connectivity index (χ4n) is 8.09. The Labute approximate surface area is 161 Å². The van der Waals surface area contributed by atoms with E-state index in [0.717, 1.165) is 44.9 Å². The van der Waals surface area contributed by atoms with Gasteiger partial charge < -0.3 is 19.8 Å². The zero-order valence-electron chi connectivity index (χ0n) is 16.5. The average molecular weight is 376 g/mol. The van der Waals surface area contributed by atoms with E-state index in [1.165, 1.54) is 0 Å². The van der Waals surface area contributed by atoms with Crippen LogP contribution in [0.15, 0.2) is 17.0 Å². The predicted molar refractivity (Wildman–Crippen MR) is 99.6 cm³/mol. The highest BCUT2D eigenvalue weighted by Crippen LogP contribution is 2.71. The highest BCUT2D eigenvalue weighted by atomic mass is 16.5. The number of aliphatic hydroxyl groups is 3. The number of nitrogens with zero attached hydrogens (tertiary/aromatic N) is 1. The molecular formula is C22H33NO4. The lowest BCUT2D eigenvalue weighted by Crippen LogP contribution is -2.64. The van der Waals surface area contributed by atoms with Crippen LogP contribution < -0.4 is 0 Å². The Hall–Kier alpha value is -0.910. The zero-order valence-corrected chi connectivity index (χ0v) is 16.5. The minimum absolute atomic E-state index is 0.151. The summed E-state index contributed by atoms with van der Waals surface area (Å²) in [4.78, 5) is 0. The summed E-state index contributed by atoms with van der Waals surface area (Å²) in [5.74, 6) is 1.27. The Kier molecular flexibility index (Phi) is 3.75. The van der Waals surface area contributed by atoms with Gasteiger partial charge in [0.05, 0.1) is 17.9 Å². The van der Waals surface area contributed by atoms with Crippen LogP contribution in [0.5, 0.6) is 0 Å². The van der Waals surface area contributed by atoms with Gasteiger partial charge in [-0.1, -0.05) is 19.0 Å². The molecule has 5 heteroatoms. The van der Waals surface area contributed by atoms with E-state index in [1.807, 2.05) is 0 Å². The number of aromatic nitrogens is 1. The van der Waals surface area contributed by atoms with E-state index < -0.39 is 16.6 Å². The van der Waals surface area contributed by atoms with E-state index >= 15 is 0 Å². The van der Waals surface area contributed by atoms with Gasteiger partial charge in [0.2, 0.25) is 0 Å². The van der Waals surface area contributed by atoms with Gasteiger partial charge in [-0.05, 0) is 81.0 Å². The molecule has 1 aromatic rings. The van der Waals surface area contributed by atoms with Crippen molar-refractivity contribution in [1.29, 1.82) is 0 Å². The van der Waals surface area contributed by atoms with Crippen molar-refractivity contribution in [3.05, 3.63) is 18.0 Å².